The Labute approximate surface area is 207 Å². The van der Waals surface area contributed by atoms with Gasteiger partial charge in [0.15, 0.2) is 0 Å². The largest absolute Gasteiger partial charge is 0.493 e. The van der Waals surface area contributed by atoms with E-state index >= 15 is 0 Å². The lowest BCUT2D eigenvalue weighted by Gasteiger charge is -2.15. The first-order valence-corrected chi connectivity index (χ1v) is 13.1. The van der Waals surface area contributed by atoms with Crippen molar-refractivity contribution in [3.8, 4) is 5.75 Å². The maximum absolute atomic E-state index is 11.7. The topological polar surface area (TPSA) is 107 Å². The first-order valence-electron chi connectivity index (χ1n) is 11.5. The van der Waals surface area contributed by atoms with Crippen LogP contribution in [0.3, 0.4) is 0 Å². The highest BCUT2D eigenvalue weighted by molar-refractivity contribution is 7.85. The summed E-state index contributed by atoms with van der Waals surface area (Å²) in [6.45, 7) is 4.83. The quantitative estimate of drug-likeness (QED) is 0.209. The van der Waals surface area contributed by atoms with Gasteiger partial charge in [-0.25, -0.2) is 4.21 Å². The van der Waals surface area contributed by atoms with E-state index in [0.29, 0.717) is 24.0 Å². The van der Waals surface area contributed by atoms with Crippen molar-refractivity contribution in [1.82, 2.24) is 19.9 Å². The zero-order chi connectivity index (χ0) is 24.6. The third-order valence-electron chi connectivity index (χ3n) is 5.43. The molecule has 2 aromatic heterocycles. The molecule has 4 N–H and O–H groups in total. The number of nitrogens with zero attached hydrogens (tertiary/aromatic N) is 3. The van der Waals surface area contributed by atoms with Crippen LogP contribution in [0.4, 0.5) is 28.8 Å². The molecule has 1 atom stereocenters. The highest BCUT2D eigenvalue weighted by Crippen LogP contribution is 2.30. The van der Waals surface area contributed by atoms with Crippen LogP contribution in [0.1, 0.15) is 13.3 Å². The molecule has 0 bridgehead atoms. The Morgan fingerprint density at radius 1 is 1.06 bits per heavy atom. The number of aromatic nitrogens is 3. The lowest BCUT2D eigenvalue weighted by atomic mass is 10.2. The van der Waals surface area contributed by atoms with Crippen LogP contribution in [0.15, 0.2) is 60.8 Å². The van der Waals surface area contributed by atoms with Crippen LogP contribution < -0.4 is 20.1 Å². The van der Waals surface area contributed by atoms with Gasteiger partial charge in [0, 0.05) is 30.8 Å². The Hall–Kier alpha value is -3.63. The second kappa shape index (κ2) is 11.7. The molecule has 4 rings (SSSR count). The lowest BCUT2D eigenvalue weighted by Crippen LogP contribution is -2.20. The van der Waals surface area contributed by atoms with Gasteiger partial charge < -0.3 is 30.0 Å². The van der Waals surface area contributed by atoms with E-state index < -0.39 is 11.0 Å². The van der Waals surface area contributed by atoms with E-state index in [2.05, 4.69) is 44.2 Å². The number of anilines is 5. The predicted octanol–water partition coefficient (Wildman–Crippen LogP) is 4.87. The summed E-state index contributed by atoms with van der Waals surface area (Å²) >= 11 is 0. The third kappa shape index (κ3) is 6.71. The molecular formula is C25H31N7O2S. The zero-order valence-electron chi connectivity index (χ0n) is 20.2. The van der Waals surface area contributed by atoms with Gasteiger partial charge in [0.2, 0.25) is 5.95 Å². The summed E-state index contributed by atoms with van der Waals surface area (Å²) in [7, 11) is 0.906. The Morgan fingerprint density at radius 3 is 2.69 bits per heavy atom. The Bertz CT molecular complexity index is 1290. The van der Waals surface area contributed by atoms with E-state index in [1.807, 2.05) is 60.8 Å². The fourth-order valence-corrected chi connectivity index (χ4v) is 4.02. The summed E-state index contributed by atoms with van der Waals surface area (Å²) in [5.41, 5.74) is 3.01. The molecule has 0 saturated heterocycles. The van der Waals surface area contributed by atoms with Gasteiger partial charge in [-0.2, -0.15) is 9.97 Å². The average Bonchev–Trinajstić information content (AvgIpc) is 3.32. The van der Waals surface area contributed by atoms with Gasteiger partial charge >= 0.3 is 0 Å². The van der Waals surface area contributed by atoms with E-state index in [4.69, 9.17) is 9.72 Å². The molecule has 2 heterocycles. The minimum atomic E-state index is -1.20. The van der Waals surface area contributed by atoms with Crippen molar-refractivity contribution in [3.63, 3.8) is 0 Å². The minimum absolute atomic E-state index is 0.439. The number of rotatable bonds is 12. The van der Waals surface area contributed by atoms with Crippen molar-refractivity contribution in [3.05, 3.63) is 60.8 Å². The number of fused-ring (bicyclic) bond motifs is 1. The van der Waals surface area contributed by atoms with Crippen LogP contribution in [-0.4, -0.2) is 57.1 Å². The van der Waals surface area contributed by atoms with Crippen LogP contribution >= 0.6 is 0 Å². The maximum Gasteiger partial charge on any atom is 0.231 e. The van der Waals surface area contributed by atoms with E-state index in [1.165, 1.54) is 0 Å². The molecule has 9 nitrogen and oxygen atoms in total. The van der Waals surface area contributed by atoms with Gasteiger partial charge in [-0.1, -0.05) is 25.1 Å². The summed E-state index contributed by atoms with van der Waals surface area (Å²) in [6.07, 6.45) is 4.38. The monoisotopic (exact) mass is 493 g/mol. The second-order valence-electron chi connectivity index (χ2n) is 8.11. The SMILES string of the molecule is CCN(C)CCCOc1cccc(Nc2nc(Nc3ccccc3NS(C)=O)c3cc[nH]c3n2)c1. The molecule has 0 spiro atoms. The molecule has 0 fully saturated rings. The number of para-hydroxylation sites is 2. The summed E-state index contributed by atoms with van der Waals surface area (Å²) in [5.74, 6) is 1.86. The van der Waals surface area contributed by atoms with Gasteiger partial charge in [-0.05, 0) is 50.3 Å². The molecule has 184 valence electrons. The van der Waals surface area contributed by atoms with Crippen molar-refractivity contribution in [2.45, 2.75) is 13.3 Å². The van der Waals surface area contributed by atoms with Crippen LogP contribution in [-0.2, 0) is 11.0 Å². The van der Waals surface area contributed by atoms with Crippen molar-refractivity contribution >= 4 is 50.8 Å². The summed E-state index contributed by atoms with van der Waals surface area (Å²) in [6, 6.07) is 17.2. The van der Waals surface area contributed by atoms with E-state index in [9.17, 15) is 4.21 Å². The van der Waals surface area contributed by atoms with Crippen LogP contribution in [0.2, 0.25) is 0 Å². The number of aromatic amines is 1. The molecule has 0 radical (unpaired) electrons. The second-order valence-corrected chi connectivity index (χ2v) is 9.23. The number of ether oxygens (including phenoxy) is 1. The first kappa shape index (κ1) is 24.5. The molecule has 0 saturated carbocycles. The Morgan fingerprint density at radius 2 is 1.89 bits per heavy atom. The molecular weight excluding hydrogens is 462 g/mol. The van der Waals surface area contributed by atoms with Crippen molar-refractivity contribution in [2.24, 2.45) is 0 Å². The Kier molecular flexibility index (Phi) is 8.17. The molecule has 10 heteroatoms. The normalized spacial score (nSPS) is 12.0. The lowest BCUT2D eigenvalue weighted by molar-refractivity contribution is 0.268. The smallest absolute Gasteiger partial charge is 0.231 e. The van der Waals surface area contributed by atoms with Crippen molar-refractivity contribution in [1.29, 1.82) is 0 Å². The molecule has 4 aromatic rings. The number of nitrogens with one attached hydrogen (secondary N) is 4. The Balaban J connectivity index is 1.51. The average molecular weight is 494 g/mol. The first-order chi connectivity index (χ1) is 17.0. The molecule has 35 heavy (non-hydrogen) atoms. The van der Waals surface area contributed by atoms with Gasteiger partial charge in [0.25, 0.3) is 0 Å². The fraction of sp³-hybridized carbons (Fsp3) is 0.280. The maximum atomic E-state index is 11.7. The predicted molar refractivity (Wildman–Crippen MR) is 144 cm³/mol. The number of benzene rings is 2. The van der Waals surface area contributed by atoms with Gasteiger partial charge in [0.05, 0.1) is 23.4 Å². The van der Waals surface area contributed by atoms with Crippen LogP contribution in [0.5, 0.6) is 5.75 Å². The third-order valence-corrected chi connectivity index (χ3v) is 5.94. The van der Waals surface area contributed by atoms with E-state index in [-0.39, 0.29) is 0 Å². The van der Waals surface area contributed by atoms with Gasteiger partial charge in [0.1, 0.15) is 28.2 Å². The molecule has 0 aliphatic heterocycles. The molecule has 1 unspecified atom stereocenters. The minimum Gasteiger partial charge on any atom is -0.493 e. The molecule has 0 amide bonds. The highest BCUT2D eigenvalue weighted by Gasteiger charge is 2.12. The molecule has 2 aromatic carbocycles. The summed E-state index contributed by atoms with van der Waals surface area (Å²) in [5, 5.41) is 7.48. The fourth-order valence-electron chi connectivity index (χ4n) is 3.53. The summed E-state index contributed by atoms with van der Waals surface area (Å²) < 4.78 is 20.6. The molecule has 0 aliphatic carbocycles. The molecule has 0 aliphatic rings. The standard InChI is InChI=1S/C25H31N7O2S/c1-4-32(2)15-8-16-34-19-10-7-9-18(17-19)27-25-29-23-20(13-14-26-23)24(30-25)28-21-11-5-6-12-22(21)31-35(3)33/h5-7,9-14,17,31H,4,8,15-16H2,1-3H3,(H3,26,27,28,29,30). The number of hydrogen-bond donors (Lipinski definition) is 4. The van der Waals surface area contributed by atoms with E-state index in [1.54, 1.807) is 6.26 Å². The number of H-pyrrole nitrogens is 1. The number of hydrogen-bond acceptors (Lipinski definition) is 7. The van der Waals surface area contributed by atoms with E-state index in [0.717, 1.165) is 47.7 Å². The zero-order valence-corrected chi connectivity index (χ0v) is 21.0. The summed E-state index contributed by atoms with van der Waals surface area (Å²) in [4.78, 5) is 14.7. The van der Waals surface area contributed by atoms with Gasteiger partial charge in [-0.3, -0.25) is 0 Å². The van der Waals surface area contributed by atoms with Gasteiger partial charge in [-0.15, -0.1) is 0 Å². The highest BCUT2D eigenvalue weighted by atomic mass is 32.2. The van der Waals surface area contributed by atoms with Crippen molar-refractivity contribution < 1.29 is 8.95 Å². The van der Waals surface area contributed by atoms with Crippen LogP contribution in [0, 0.1) is 0 Å². The van der Waals surface area contributed by atoms with Crippen LogP contribution in [0.25, 0.3) is 11.0 Å². The van der Waals surface area contributed by atoms with Crippen molar-refractivity contribution in [2.75, 3.05) is 48.4 Å².